The highest BCUT2D eigenvalue weighted by atomic mass is 32.1. The van der Waals surface area contributed by atoms with Gasteiger partial charge in [0.05, 0.1) is 11.1 Å². The molecule has 272 valence electrons. The summed E-state index contributed by atoms with van der Waals surface area (Å²) in [5.74, 6) is 0. The summed E-state index contributed by atoms with van der Waals surface area (Å²) in [4.78, 5) is 2.40. The van der Waals surface area contributed by atoms with Gasteiger partial charge in [0.1, 0.15) is 22.3 Å². The Hall–Kier alpha value is -7.40. The summed E-state index contributed by atoms with van der Waals surface area (Å²) < 4.78 is 16.1. The second kappa shape index (κ2) is 13.1. The lowest BCUT2D eigenvalue weighted by molar-refractivity contribution is 0.669. The maximum Gasteiger partial charge on any atom is 0.145 e. The Bertz CT molecular complexity index is 3510. The van der Waals surface area contributed by atoms with Crippen LogP contribution in [0.15, 0.2) is 209 Å². The van der Waals surface area contributed by atoms with E-state index in [1.807, 2.05) is 17.4 Å². The van der Waals surface area contributed by atoms with Crippen molar-refractivity contribution in [3.8, 4) is 33.4 Å². The summed E-state index contributed by atoms with van der Waals surface area (Å²) in [6.45, 7) is 0. The van der Waals surface area contributed by atoms with E-state index in [9.17, 15) is 0 Å². The highest BCUT2D eigenvalue weighted by Crippen LogP contribution is 2.49. The van der Waals surface area contributed by atoms with Crippen LogP contribution in [-0.4, -0.2) is 0 Å². The first-order valence-corrected chi connectivity index (χ1v) is 20.4. The number of nitrogens with zero attached hydrogens (tertiary/aromatic N) is 1. The molecule has 0 unspecified atom stereocenters. The Labute approximate surface area is 338 Å². The van der Waals surface area contributed by atoms with Crippen LogP contribution in [0.25, 0.3) is 97.4 Å². The van der Waals surface area contributed by atoms with Crippen molar-refractivity contribution >= 4 is 92.4 Å². The molecule has 0 saturated heterocycles. The average molecular weight is 760 g/mol. The summed E-state index contributed by atoms with van der Waals surface area (Å²) in [7, 11) is 0. The lowest BCUT2D eigenvalue weighted by Crippen LogP contribution is -2.10. The van der Waals surface area contributed by atoms with E-state index in [4.69, 9.17) is 8.83 Å². The van der Waals surface area contributed by atoms with Crippen molar-refractivity contribution in [2.24, 2.45) is 0 Å². The predicted molar refractivity (Wildman–Crippen MR) is 245 cm³/mol. The molecular weight excluding hydrogens is 727 g/mol. The molecule has 0 spiro atoms. The predicted octanol–water partition coefficient (Wildman–Crippen LogP) is 16.3. The van der Waals surface area contributed by atoms with Crippen LogP contribution in [0.5, 0.6) is 0 Å². The van der Waals surface area contributed by atoms with Gasteiger partial charge in [0.15, 0.2) is 0 Å². The second-order valence-corrected chi connectivity index (χ2v) is 15.9. The van der Waals surface area contributed by atoms with Crippen LogP contribution in [-0.2, 0) is 0 Å². The van der Waals surface area contributed by atoms with Crippen LogP contribution in [0.2, 0.25) is 0 Å². The molecule has 0 aliphatic heterocycles. The number of furan rings is 2. The molecule has 12 aromatic rings. The van der Waals surface area contributed by atoms with Crippen LogP contribution in [0.4, 0.5) is 17.1 Å². The van der Waals surface area contributed by atoms with Crippen molar-refractivity contribution in [3.05, 3.63) is 200 Å². The van der Waals surface area contributed by atoms with Crippen molar-refractivity contribution in [1.29, 1.82) is 0 Å². The Morgan fingerprint density at radius 3 is 1.76 bits per heavy atom. The normalized spacial score (nSPS) is 11.8. The summed E-state index contributed by atoms with van der Waals surface area (Å²) in [6, 6.07) is 71.3. The van der Waals surface area contributed by atoms with E-state index in [1.54, 1.807) is 0 Å². The number of hydrogen-bond acceptors (Lipinski definition) is 4. The van der Waals surface area contributed by atoms with Gasteiger partial charge in [-0.05, 0) is 94.5 Å². The summed E-state index contributed by atoms with van der Waals surface area (Å²) in [5, 5.41) is 6.86. The van der Waals surface area contributed by atoms with E-state index in [0.29, 0.717) is 0 Å². The van der Waals surface area contributed by atoms with Crippen molar-refractivity contribution in [2.45, 2.75) is 0 Å². The van der Waals surface area contributed by atoms with Gasteiger partial charge in [0.25, 0.3) is 0 Å². The zero-order valence-corrected chi connectivity index (χ0v) is 32.0. The second-order valence-electron chi connectivity index (χ2n) is 14.8. The van der Waals surface area contributed by atoms with E-state index in [-0.39, 0.29) is 0 Å². The molecule has 0 radical (unpaired) electrons. The third-order valence-corrected chi connectivity index (χ3v) is 12.6. The monoisotopic (exact) mass is 759 g/mol. The average Bonchev–Trinajstić information content (AvgIpc) is 3.98. The third-order valence-electron chi connectivity index (χ3n) is 11.5. The van der Waals surface area contributed by atoms with Gasteiger partial charge in [-0.1, -0.05) is 133 Å². The Morgan fingerprint density at radius 2 is 0.966 bits per heavy atom. The van der Waals surface area contributed by atoms with Gasteiger partial charge in [0, 0.05) is 53.3 Å². The molecule has 0 aliphatic rings. The molecule has 3 aromatic heterocycles. The molecule has 0 amide bonds. The van der Waals surface area contributed by atoms with Crippen molar-refractivity contribution in [2.75, 3.05) is 4.90 Å². The Kier molecular flexibility index (Phi) is 7.40. The number of rotatable bonds is 6. The number of anilines is 3. The number of benzene rings is 9. The fourth-order valence-electron chi connectivity index (χ4n) is 8.80. The Balaban J connectivity index is 1.15. The first kappa shape index (κ1) is 32.8. The minimum atomic E-state index is 0.847. The largest absolute Gasteiger partial charge is 0.456 e. The van der Waals surface area contributed by atoms with Crippen LogP contribution >= 0.6 is 11.3 Å². The fraction of sp³-hybridized carbons (Fsp3) is 0. The molecule has 3 heterocycles. The van der Waals surface area contributed by atoms with Gasteiger partial charge in [-0.25, -0.2) is 0 Å². The molecule has 12 rings (SSSR count). The van der Waals surface area contributed by atoms with Crippen molar-refractivity contribution in [3.63, 3.8) is 0 Å². The number of fused-ring (bicyclic) bond motifs is 9. The lowest BCUT2D eigenvalue weighted by Gasteiger charge is -2.27. The smallest absolute Gasteiger partial charge is 0.145 e. The van der Waals surface area contributed by atoms with E-state index in [1.165, 1.54) is 20.2 Å². The van der Waals surface area contributed by atoms with E-state index in [0.717, 1.165) is 94.3 Å². The van der Waals surface area contributed by atoms with Crippen LogP contribution in [0.3, 0.4) is 0 Å². The van der Waals surface area contributed by atoms with E-state index >= 15 is 0 Å². The van der Waals surface area contributed by atoms with Crippen LogP contribution in [0.1, 0.15) is 0 Å². The highest BCUT2D eigenvalue weighted by molar-refractivity contribution is 7.25. The first-order valence-electron chi connectivity index (χ1n) is 19.6. The molecule has 0 saturated carbocycles. The van der Waals surface area contributed by atoms with Gasteiger partial charge < -0.3 is 13.7 Å². The molecule has 0 aliphatic carbocycles. The van der Waals surface area contributed by atoms with Gasteiger partial charge in [-0.15, -0.1) is 11.3 Å². The minimum Gasteiger partial charge on any atom is -0.456 e. The molecular formula is C54H33NO2S. The summed E-state index contributed by atoms with van der Waals surface area (Å²) in [5.41, 5.74) is 13.3. The van der Waals surface area contributed by atoms with Gasteiger partial charge >= 0.3 is 0 Å². The van der Waals surface area contributed by atoms with E-state index < -0.39 is 0 Å². The quantitative estimate of drug-likeness (QED) is 0.169. The van der Waals surface area contributed by atoms with Crippen molar-refractivity contribution in [1.82, 2.24) is 0 Å². The third kappa shape index (κ3) is 5.19. The highest BCUT2D eigenvalue weighted by Gasteiger charge is 2.24. The molecule has 0 atom stereocenters. The van der Waals surface area contributed by atoms with Gasteiger partial charge in [0.2, 0.25) is 0 Å². The molecule has 3 nitrogen and oxygen atoms in total. The lowest BCUT2D eigenvalue weighted by atomic mass is 9.94. The summed E-state index contributed by atoms with van der Waals surface area (Å²) in [6.07, 6.45) is 0. The molecule has 0 bridgehead atoms. The van der Waals surface area contributed by atoms with Crippen molar-refractivity contribution < 1.29 is 8.83 Å². The first-order chi connectivity index (χ1) is 28.7. The SMILES string of the molecule is c1ccc(-c2cc(-c3ccccc3)c3c(c2)oc2ccc(N(c4ccc5c(c4)sc4ccccc45)c4ccc(-c5ccccc5)c5oc6ccccc6c45)cc23)cc1. The molecule has 9 aromatic carbocycles. The zero-order chi connectivity index (χ0) is 38.2. The topological polar surface area (TPSA) is 29.5 Å². The van der Waals surface area contributed by atoms with Gasteiger partial charge in [-0.2, -0.15) is 0 Å². The number of hydrogen-bond donors (Lipinski definition) is 0. The van der Waals surface area contributed by atoms with Crippen LogP contribution < -0.4 is 4.90 Å². The summed E-state index contributed by atoms with van der Waals surface area (Å²) >= 11 is 1.84. The van der Waals surface area contributed by atoms with Crippen LogP contribution in [0, 0.1) is 0 Å². The minimum absolute atomic E-state index is 0.847. The molecule has 0 N–H and O–H groups in total. The maximum atomic E-state index is 6.80. The maximum absolute atomic E-state index is 6.80. The molecule has 0 fully saturated rings. The Morgan fingerprint density at radius 1 is 0.345 bits per heavy atom. The number of para-hydroxylation sites is 1. The van der Waals surface area contributed by atoms with E-state index in [2.05, 4.69) is 199 Å². The number of thiophene rings is 1. The molecule has 58 heavy (non-hydrogen) atoms. The molecule has 4 heteroatoms. The fourth-order valence-corrected chi connectivity index (χ4v) is 9.94. The zero-order valence-electron chi connectivity index (χ0n) is 31.2. The van der Waals surface area contributed by atoms with Gasteiger partial charge in [-0.3, -0.25) is 0 Å². The standard InChI is InChI=1S/C54H33NO2S/c1-4-14-34(15-5-1)37-30-44(36-18-8-3-9-19-36)52-45-32-38(25-29-48(45)56-49(52)31-37)55(39-24-26-42-41-20-11-13-23-50(41)58-51(42)33-39)46-28-27-40(35-16-6-2-7-17-35)54-53(46)43-21-10-12-22-47(43)57-54/h1-33H.